The minimum atomic E-state index is 0.00437. The number of nitrogens with zero attached hydrogens (tertiary/aromatic N) is 3. The number of hydrogen-bond donors (Lipinski definition) is 1. The maximum atomic E-state index is 12.4. The Kier molecular flexibility index (Phi) is 6.57. The van der Waals surface area contributed by atoms with Crippen LogP contribution >= 0.6 is 0 Å². The van der Waals surface area contributed by atoms with Crippen molar-refractivity contribution in [1.29, 1.82) is 0 Å². The maximum absolute atomic E-state index is 12.4. The summed E-state index contributed by atoms with van der Waals surface area (Å²) in [5.41, 5.74) is 7.64. The number of hydrazone groups is 1. The number of hydrogen-bond acceptors (Lipinski definition) is 4. The smallest absolute Gasteiger partial charge is 0.241 e. The fourth-order valence-electron chi connectivity index (χ4n) is 4.19. The number of aryl methyl sites for hydroxylation is 1. The third kappa shape index (κ3) is 5.24. The fourth-order valence-corrected chi connectivity index (χ4v) is 4.19. The lowest BCUT2D eigenvalue weighted by molar-refractivity contribution is -0.121. The largest absolute Gasteiger partial charge is 0.369 e. The van der Waals surface area contributed by atoms with Gasteiger partial charge in [0, 0.05) is 50.4 Å². The van der Waals surface area contributed by atoms with Crippen molar-refractivity contribution in [3.05, 3.63) is 65.7 Å². The minimum Gasteiger partial charge on any atom is -0.369 e. The van der Waals surface area contributed by atoms with Crippen LogP contribution in [-0.4, -0.2) is 49.2 Å². The summed E-state index contributed by atoms with van der Waals surface area (Å²) in [6.45, 7) is 4.78. The molecule has 1 amide bonds. The van der Waals surface area contributed by atoms with Gasteiger partial charge in [-0.25, -0.2) is 5.43 Å². The molecule has 1 N–H and O–H groups in total. The molecule has 5 heteroatoms. The highest BCUT2D eigenvalue weighted by molar-refractivity contribution is 6.02. The molecule has 1 aliphatic carbocycles. The van der Waals surface area contributed by atoms with Crippen LogP contribution in [0.2, 0.25) is 0 Å². The Hall–Kier alpha value is -2.66. The van der Waals surface area contributed by atoms with Crippen molar-refractivity contribution in [1.82, 2.24) is 10.3 Å². The predicted molar refractivity (Wildman–Crippen MR) is 118 cm³/mol. The van der Waals surface area contributed by atoms with Gasteiger partial charge in [-0.1, -0.05) is 42.5 Å². The average molecular weight is 391 g/mol. The molecule has 2 aliphatic rings. The van der Waals surface area contributed by atoms with Gasteiger partial charge in [-0.2, -0.15) is 5.10 Å². The molecule has 0 bridgehead atoms. The summed E-state index contributed by atoms with van der Waals surface area (Å²) < 4.78 is 0. The van der Waals surface area contributed by atoms with Crippen molar-refractivity contribution in [2.24, 2.45) is 5.10 Å². The second kappa shape index (κ2) is 9.70. The molecule has 0 aromatic heterocycles. The molecular weight excluding hydrogens is 360 g/mol. The standard InChI is InChI=1S/C24H30N4O/c29-24(26-25-23-13-7-5-9-20-8-4-6-12-22(20)23)14-15-27-16-18-28(19-17-27)21-10-2-1-3-11-21/h1-4,6,8,10-12H,5,7,9,13-19H2,(H,26,29)/b25-23+. The van der Waals surface area contributed by atoms with E-state index in [2.05, 4.69) is 74.9 Å². The number of fused-ring (bicyclic) bond motifs is 1. The first kappa shape index (κ1) is 19.6. The summed E-state index contributed by atoms with van der Waals surface area (Å²) in [4.78, 5) is 17.1. The Balaban J connectivity index is 1.24. The third-order valence-corrected chi connectivity index (χ3v) is 5.90. The molecule has 4 rings (SSSR count). The van der Waals surface area contributed by atoms with Crippen molar-refractivity contribution >= 4 is 17.3 Å². The molecule has 2 aromatic rings. The second-order valence-electron chi connectivity index (χ2n) is 7.87. The number of nitrogens with one attached hydrogen (secondary N) is 1. The Morgan fingerprint density at radius 2 is 1.62 bits per heavy atom. The van der Waals surface area contributed by atoms with Gasteiger partial charge in [-0.05, 0) is 43.4 Å². The van der Waals surface area contributed by atoms with E-state index in [9.17, 15) is 4.79 Å². The van der Waals surface area contributed by atoms with Crippen LogP contribution in [0.5, 0.6) is 0 Å². The molecule has 2 aromatic carbocycles. The number of para-hydroxylation sites is 1. The lowest BCUT2D eigenvalue weighted by Crippen LogP contribution is -2.47. The SMILES string of the molecule is O=C(CCN1CCN(c2ccccc2)CC1)N/N=C1\CCCCc2ccccc21. The van der Waals surface area contributed by atoms with Crippen LogP contribution in [0.4, 0.5) is 5.69 Å². The minimum absolute atomic E-state index is 0.00437. The van der Waals surface area contributed by atoms with E-state index in [4.69, 9.17) is 0 Å². The Labute approximate surface area is 173 Å². The highest BCUT2D eigenvalue weighted by Gasteiger charge is 2.18. The van der Waals surface area contributed by atoms with Gasteiger partial charge in [0.1, 0.15) is 0 Å². The number of carbonyl (C=O) groups excluding carboxylic acids is 1. The monoisotopic (exact) mass is 390 g/mol. The van der Waals surface area contributed by atoms with Gasteiger partial charge in [-0.3, -0.25) is 9.69 Å². The first-order valence-electron chi connectivity index (χ1n) is 10.8. The topological polar surface area (TPSA) is 47.9 Å². The van der Waals surface area contributed by atoms with Crippen molar-refractivity contribution in [2.45, 2.75) is 32.1 Å². The number of carbonyl (C=O) groups is 1. The molecule has 0 atom stereocenters. The lowest BCUT2D eigenvalue weighted by atomic mass is 10.0. The van der Waals surface area contributed by atoms with Gasteiger partial charge >= 0.3 is 0 Å². The van der Waals surface area contributed by atoms with E-state index in [1.54, 1.807) is 0 Å². The van der Waals surface area contributed by atoms with Gasteiger partial charge in [0.2, 0.25) is 5.91 Å². The number of benzene rings is 2. The van der Waals surface area contributed by atoms with Crippen LogP contribution in [0, 0.1) is 0 Å². The molecule has 0 saturated carbocycles. The third-order valence-electron chi connectivity index (χ3n) is 5.90. The van der Waals surface area contributed by atoms with Gasteiger partial charge in [0.25, 0.3) is 0 Å². The van der Waals surface area contributed by atoms with Crippen LogP contribution in [0.3, 0.4) is 0 Å². The van der Waals surface area contributed by atoms with E-state index in [0.29, 0.717) is 6.42 Å². The zero-order chi connectivity index (χ0) is 19.9. The summed E-state index contributed by atoms with van der Waals surface area (Å²) in [6.07, 6.45) is 4.81. The highest BCUT2D eigenvalue weighted by atomic mass is 16.2. The first-order chi connectivity index (χ1) is 14.3. The molecule has 1 heterocycles. The predicted octanol–water partition coefficient (Wildman–Crippen LogP) is 3.45. The number of piperazine rings is 1. The van der Waals surface area contributed by atoms with Gasteiger partial charge in [0.05, 0.1) is 5.71 Å². The molecule has 0 spiro atoms. The Morgan fingerprint density at radius 3 is 2.45 bits per heavy atom. The summed E-state index contributed by atoms with van der Waals surface area (Å²) in [5, 5.41) is 4.49. The fraction of sp³-hybridized carbons (Fsp3) is 0.417. The normalized spacial score (nSPS) is 18.9. The molecule has 0 unspecified atom stereocenters. The van der Waals surface area contributed by atoms with Gasteiger partial charge < -0.3 is 4.90 Å². The number of anilines is 1. The Morgan fingerprint density at radius 1 is 0.897 bits per heavy atom. The zero-order valence-electron chi connectivity index (χ0n) is 17.0. The molecule has 5 nitrogen and oxygen atoms in total. The summed E-state index contributed by atoms with van der Waals surface area (Å²) in [7, 11) is 0. The zero-order valence-corrected chi connectivity index (χ0v) is 17.0. The van der Waals surface area contributed by atoms with Crippen molar-refractivity contribution in [3.8, 4) is 0 Å². The van der Waals surface area contributed by atoms with Gasteiger partial charge in [-0.15, -0.1) is 0 Å². The number of rotatable bonds is 5. The Bertz CT molecular complexity index is 841. The summed E-state index contributed by atoms with van der Waals surface area (Å²) in [5.74, 6) is 0.00437. The van der Waals surface area contributed by atoms with Crippen LogP contribution < -0.4 is 10.3 Å². The van der Waals surface area contributed by atoms with E-state index in [1.807, 2.05) is 0 Å². The molecule has 1 saturated heterocycles. The molecule has 1 fully saturated rings. The molecule has 0 radical (unpaired) electrons. The quantitative estimate of drug-likeness (QED) is 0.628. The summed E-state index contributed by atoms with van der Waals surface area (Å²) >= 11 is 0. The number of amides is 1. The van der Waals surface area contributed by atoms with E-state index in [-0.39, 0.29) is 5.91 Å². The maximum Gasteiger partial charge on any atom is 0.241 e. The van der Waals surface area contributed by atoms with Crippen molar-refractivity contribution in [2.75, 3.05) is 37.6 Å². The van der Waals surface area contributed by atoms with Crippen molar-refractivity contribution in [3.63, 3.8) is 0 Å². The van der Waals surface area contributed by atoms with Crippen LogP contribution in [0.1, 0.15) is 36.8 Å². The lowest BCUT2D eigenvalue weighted by Gasteiger charge is -2.36. The van der Waals surface area contributed by atoms with Crippen molar-refractivity contribution < 1.29 is 4.79 Å². The van der Waals surface area contributed by atoms with Gasteiger partial charge in [0.15, 0.2) is 0 Å². The van der Waals surface area contributed by atoms with Crippen LogP contribution in [0.25, 0.3) is 0 Å². The van der Waals surface area contributed by atoms with Crippen LogP contribution in [-0.2, 0) is 11.2 Å². The van der Waals surface area contributed by atoms with E-state index in [0.717, 1.165) is 57.7 Å². The summed E-state index contributed by atoms with van der Waals surface area (Å²) in [6, 6.07) is 19.0. The second-order valence-corrected chi connectivity index (χ2v) is 7.87. The molecule has 152 valence electrons. The average Bonchev–Trinajstić information content (AvgIpc) is 2.99. The van der Waals surface area contributed by atoms with E-state index < -0.39 is 0 Å². The molecular formula is C24H30N4O. The van der Waals surface area contributed by atoms with E-state index >= 15 is 0 Å². The highest BCUT2D eigenvalue weighted by Crippen LogP contribution is 2.20. The van der Waals surface area contributed by atoms with E-state index in [1.165, 1.54) is 23.2 Å². The van der Waals surface area contributed by atoms with Crippen LogP contribution in [0.15, 0.2) is 59.7 Å². The molecule has 29 heavy (non-hydrogen) atoms. The first-order valence-corrected chi connectivity index (χ1v) is 10.8. The molecule has 1 aliphatic heterocycles.